The van der Waals surface area contributed by atoms with Gasteiger partial charge in [0.25, 0.3) is 5.95 Å². The zero-order chi connectivity index (χ0) is 22.2. The summed E-state index contributed by atoms with van der Waals surface area (Å²) in [5.74, 6) is 1.37. The minimum atomic E-state index is -0.134. The van der Waals surface area contributed by atoms with Crippen LogP contribution in [0.25, 0.3) is 17.2 Å². The molecule has 0 radical (unpaired) electrons. The van der Waals surface area contributed by atoms with Crippen LogP contribution in [0.1, 0.15) is 29.2 Å². The van der Waals surface area contributed by atoms with Crippen LogP contribution in [-0.2, 0) is 4.79 Å². The van der Waals surface area contributed by atoms with E-state index in [1.54, 1.807) is 30.1 Å². The number of nitrogens with one attached hydrogen (secondary N) is 1. The topological polar surface area (TPSA) is 94.8 Å². The summed E-state index contributed by atoms with van der Waals surface area (Å²) < 4.78 is 6.81. The van der Waals surface area contributed by atoms with E-state index in [0.717, 1.165) is 28.1 Å². The second-order valence-electron chi connectivity index (χ2n) is 7.49. The predicted octanol–water partition coefficient (Wildman–Crippen LogP) is 4.17. The molecule has 1 N–H and O–H groups in total. The summed E-state index contributed by atoms with van der Waals surface area (Å²) in [5, 5.41) is 16.5. The molecule has 0 aliphatic carbocycles. The molecular formula is C23H19ClN6O2. The van der Waals surface area contributed by atoms with E-state index in [0.29, 0.717) is 23.0 Å². The van der Waals surface area contributed by atoms with Gasteiger partial charge in [-0.05, 0) is 36.8 Å². The summed E-state index contributed by atoms with van der Waals surface area (Å²) in [6.07, 6.45) is 1.91. The number of fused-ring (bicyclic) bond motifs is 1. The van der Waals surface area contributed by atoms with E-state index in [1.165, 1.54) is 0 Å². The molecule has 2 aromatic heterocycles. The highest BCUT2D eigenvalue weighted by Crippen LogP contribution is 2.40. The second-order valence-corrected chi connectivity index (χ2v) is 7.92. The maximum absolute atomic E-state index is 12.6. The van der Waals surface area contributed by atoms with E-state index in [2.05, 4.69) is 25.6 Å². The van der Waals surface area contributed by atoms with Crippen molar-refractivity contribution in [2.75, 3.05) is 12.4 Å². The Morgan fingerprint density at radius 1 is 1.12 bits per heavy atom. The van der Waals surface area contributed by atoms with Crippen molar-refractivity contribution in [2.45, 2.75) is 19.3 Å². The molecular weight excluding hydrogens is 428 g/mol. The number of carbonyl (C=O) groups excluding carboxylic acids is 1. The number of carbonyl (C=O) groups is 1. The van der Waals surface area contributed by atoms with Gasteiger partial charge in [0.1, 0.15) is 11.6 Å². The molecule has 1 amide bonds. The van der Waals surface area contributed by atoms with Gasteiger partial charge in [-0.2, -0.15) is 14.9 Å². The van der Waals surface area contributed by atoms with Crippen LogP contribution in [0.2, 0.25) is 5.02 Å². The van der Waals surface area contributed by atoms with E-state index in [4.69, 9.17) is 16.3 Å². The van der Waals surface area contributed by atoms with E-state index < -0.39 is 0 Å². The lowest BCUT2D eigenvalue weighted by Gasteiger charge is -2.24. The van der Waals surface area contributed by atoms with Gasteiger partial charge in [-0.3, -0.25) is 4.79 Å². The average molecular weight is 447 g/mol. The summed E-state index contributed by atoms with van der Waals surface area (Å²) in [7, 11) is 1.63. The molecule has 0 bridgehead atoms. The van der Waals surface area contributed by atoms with Gasteiger partial charge < -0.3 is 10.1 Å². The predicted molar refractivity (Wildman–Crippen MR) is 120 cm³/mol. The normalized spacial score (nSPS) is 15.2. The van der Waals surface area contributed by atoms with Crippen LogP contribution in [0.15, 0.2) is 54.7 Å². The molecule has 160 valence electrons. The van der Waals surface area contributed by atoms with Crippen molar-refractivity contribution in [1.29, 1.82) is 0 Å². The third kappa shape index (κ3) is 3.58. The van der Waals surface area contributed by atoms with Crippen molar-refractivity contribution in [2.24, 2.45) is 0 Å². The summed E-state index contributed by atoms with van der Waals surface area (Å²) in [6.45, 7) is 1.92. The first-order chi connectivity index (χ1) is 15.5. The monoisotopic (exact) mass is 446 g/mol. The molecule has 9 heteroatoms. The highest BCUT2D eigenvalue weighted by atomic mass is 35.5. The number of methoxy groups -OCH3 is 1. The molecule has 1 aliphatic heterocycles. The van der Waals surface area contributed by atoms with Crippen molar-refractivity contribution in [3.8, 4) is 23.0 Å². The number of ether oxygens (including phenoxy) is 1. The van der Waals surface area contributed by atoms with Gasteiger partial charge in [-0.1, -0.05) is 35.9 Å². The smallest absolute Gasteiger partial charge is 0.272 e. The number of amides is 1. The lowest BCUT2D eigenvalue weighted by atomic mass is 9.86. The standard InChI is InChI=1S/C23H19ClN6O2/c1-13-21-18(14-5-9-17(32-2)10-6-14)11-20(31)27-22(21)30(29-13)23-26-19(12-25-28-23)15-3-7-16(24)8-4-15/h3-10,12,18H,11H2,1-2H3,(H,27,31)/t18-/m1/s1. The first-order valence-corrected chi connectivity index (χ1v) is 10.4. The fourth-order valence-electron chi connectivity index (χ4n) is 3.96. The Kier molecular flexibility index (Phi) is 5.07. The fourth-order valence-corrected chi connectivity index (χ4v) is 4.08. The van der Waals surface area contributed by atoms with Gasteiger partial charge >= 0.3 is 0 Å². The van der Waals surface area contributed by atoms with E-state index in [9.17, 15) is 4.79 Å². The zero-order valence-electron chi connectivity index (χ0n) is 17.4. The van der Waals surface area contributed by atoms with Crippen molar-refractivity contribution in [3.63, 3.8) is 0 Å². The zero-order valence-corrected chi connectivity index (χ0v) is 18.2. The second kappa shape index (κ2) is 8.05. The number of hydrogen-bond acceptors (Lipinski definition) is 6. The van der Waals surface area contributed by atoms with Crippen LogP contribution < -0.4 is 10.1 Å². The van der Waals surface area contributed by atoms with Crippen LogP contribution in [0.3, 0.4) is 0 Å². The molecule has 0 unspecified atom stereocenters. The summed E-state index contributed by atoms with van der Waals surface area (Å²) in [4.78, 5) is 17.2. The van der Waals surface area contributed by atoms with Crippen LogP contribution in [-0.4, -0.2) is 38.0 Å². The Bertz CT molecular complexity index is 1300. The number of rotatable bonds is 4. The molecule has 32 heavy (non-hydrogen) atoms. The minimum absolute atomic E-state index is 0.0960. The Morgan fingerprint density at radius 3 is 2.59 bits per heavy atom. The van der Waals surface area contributed by atoms with Gasteiger partial charge in [0.2, 0.25) is 5.91 Å². The number of anilines is 1. The molecule has 2 aromatic carbocycles. The van der Waals surface area contributed by atoms with Gasteiger partial charge in [0, 0.05) is 28.5 Å². The molecule has 3 heterocycles. The largest absolute Gasteiger partial charge is 0.497 e. The number of hydrogen-bond donors (Lipinski definition) is 1. The van der Waals surface area contributed by atoms with Crippen molar-refractivity contribution in [1.82, 2.24) is 25.0 Å². The van der Waals surface area contributed by atoms with Crippen molar-refractivity contribution >= 4 is 23.3 Å². The molecule has 4 aromatic rings. The maximum Gasteiger partial charge on any atom is 0.272 e. The molecule has 5 rings (SSSR count). The Labute approximate surface area is 189 Å². The van der Waals surface area contributed by atoms with Crippen molar-refractivity contribution < 1.29 is 9.53 Å². The number of nitrogens with zero attached hydrogens (tertiary/aromatic N) is 5. The van der Waals surface area contributed by atoms with Gasteiger partial charge in [-0.15, -0.1) is 5.10 Å². The number of halogens is 1. The number of aromatic nitrogens is 5. The number of benzene rings is 2. The lowest BCUT2D eigenvalue weighted by molar-refractivity contribution is -0.116. The van der Waals surface area contributed by atoms with Crippen LogP contribution in [0, 0.1) is 6.92 Å². The highest BCUT2D eigenvalue weighted by Gasteiger charge is 2.33. The summed E-state index contributed by atoms with van der Waals surface area (Å²) in [6, 6.07) is 15.0. The van der Waals surface area contributed by atoms with Gasteiger partial charge in [-0.25, -0.2) is 4.98 Å². The summed E-state index contributed by atoms with van der Waals surface area (Å²) in [5.41, 5.74) is 4.22. The van der Waals surface area contributed by atoms with Crippen LogP contribution in [0.5, 0.6) is 5.75 Å². The molecule has 0 fully saturated rings. The fraction of sp³-hybridized carbons (Fsp3) is 0.174. The van der Waals surface area contributed by atoms with Crippen molar-refractivity contribution in [3.05, 3.63) is 76.6 Å². The van der Waals surface area contributed by atoms with Gasteiger partial charge in [0.05, 0.1) is 24.7 Å². The van der Waals surface area contributed by atoms with E-state index >= 15 is 0 Å². The molecule has 0 saturated heterocycles. The molecule has 0 spiro atoms. The average Bonchev–Trinajstić information content (AvgIpc) is 3.15. The quantitative estimate of drug-likeness (QED) is 0.505. The van der Waals surface area contributed by atoms with Gasteiger partial charge in [0.15, 0.2) is 0 Å². The van der Waals surface area contributed by atoms with E-state index in [-0.39, 0.29) is 17.8 Å². The highest BCUT2D eigenvalue weighted by molar-refractivity contribution is 6.30. The van der Waals surface area contributed by atoms with Crippen LogP contribution in [0.4, 0.5) is 5.82 Å². The molecule has 0 saturated carbocycles. The van der Waals surface area contributed by atoms with E-state index in [1.807, 2.05) is 43.3 Å². The molecule has 1 atom stereocenters. The Morgan fingerprint density at radius 2 is 1.88 bits per heavy atom. The molecule has 1 aliphatic rings. The first-order valence-electron chi connectivity index (χ1n) is 10.0. The lowest BCUT2D eigenvalue weighted by Crippen LogP contribution is -2.25. The Hall–Kier alpha value is -3.78. The third-order valence-electron chi connectivity index (χ3n) is 5.50. The third-order valence-corrected chi connectivity index (χ3v) is 5.75. The Balaban J connectivity index is 1.58. The summed E-state index contributed by atoms with van der Waals surface area (Å²) >= 11 is 5.99. The van der Waals surface area contributed by atoms with Crippen LogP contribution >= 0.6 is 11.6 Å². The SMILES string of the molecule is COc1ccc([C@H]2CC(=O)Nc3c2c(C)nn3-c2nncc(-c3ccc(Cl)cc3)n2)cc1. The molecule has 8 nitrogen and oxygen atoms in total. The minimum Gasteiger partial charge on any atom is -0.497 e. The maximum atomic E-state index is 12.6. The first kappa shape index (κ1) is 20.1. The number of aryl methyl sites for hydroxylation is 1.